The van der Waals surface area contributed by atoms with Gasteiger partial charge in [-0.15, -0.1) is 0 Å². The molecule has 0 saturated carbocycles. The van der Waals surface area contributed by atoms with Crippen LogP contribution in [0.1, 0.15) is 10.4 Å². The molecule has 3 N–H and O–H groups in total. The van der Waals surface area contributed by atoms with Gasteiger partial charge in [0, 0.05) is 10.2 Å². The minimum atomic E-state index is -0.426. The van der Waals surface area contributed by atoms with Crippen LogP contribution in [0.15, 0.2) is 40.9 Å². The van der Waals surface area contributed by atoms with Gasteiger partial charge in [-0.05, 0) is 52.3 Å². The predicted molar refractivity (Wildman–Crippen MR) is 77.9 cm³/mol. The third-order valence-corrected chi connectivity index (χ3v) is 3.40. The van der Waals surface area contributed by atoms with E-state index >= 15 is 0 Å². The lowest BCUT2D eigenvalue weighted by Gasteiger charge is -2.09. The number of anilines is 2. The van der Waals surface area contributed by atoms with Gasteiger partial charge >= 0.3 is 0 Å². The molecule has 0 aromatic heterocycles. The molecule has 0 fully saturated rings. The first-order valence-corrected chi connectivity index (χ1v) is 6.46. The zero-order valence-electron chi connectivity index (χ0n) is 9.58. The zero-order valence-corrected chi connectivity index (χ0v) is 11.9. The van der Waals surface area contributed by atoms with Gasteiger partial charge in [-0.25, -0.2) is 4.39 Å². The number of carbonyl (C=O) groups is 1. The van der Waals surface area contributed by atoms with Gasteiger partial charge in [0.2, 0.25) is 0 Å². The molecule has 0 unspecified atom stereocenters. The largest absolute Gasteiger partial charge is 0.399 e. The summed E-state index contributed by atoms with van der Waals surface area (Å²) < 4.78 is 13.3. The van der Waals surface area contributed by atoms with Gasteiger partial charge in [0.15, 0.2) is 0 Å². The number of halogens is 3. The maximum atomic E-state index is 13.0. The summed E-state index contributed by atoms with van der Waals surface area (Å²) in [6.45, 7) is 0. The van der Waals surface area contributed by atoms with Crippen molar-refractivity contribution in [3.8, 4) is 0 Å². The highest BCUT2D eigenvalue weighted by Crippen LogP contribution is 2.26. The molecule has 0 aliphatic heterocycles. The van der Waals surface area contributed by atoms with E-state index in [2.05, 4.69) is 21.2 Å². The summed E-state index contributed by atoms with van der Waals surface area (Å²) in [5, 5.41) is 3.00. The normalized spacial score (nSPS) is 10.3. The highest BCUT2D eigenvalue weighted by atomic mass is 79.9. The summed E-state index contributed by atoms with van der Waals surface area (Å²) in [5.41, 5.74) is 6.82. The van der Waals surface area contributed by atoms with Crippen LogP contribution in [0, 0.1) is 5.82 Å². The molecular formula is C13H9BrClFN2O. The summed E-state index contributed by atoms with van der Waals surface area (Å²) in [6, 6.07) is 8.58. The van der Waals surface area contributed by atoms with Gasteiger partial charge in [-0.2, -0.15) is 0 Å². The molecule has 0 spiro atoms. The quantitative estimate of drug-likeness (QED) is 0.807. The first kappa shape index (κ1) is 13.8. The summed E-state index contributed by atoms with van der Waals surface area (Å²) in [4.78, 5) is 12.0. The number of carbonyl (C=O) groups excluding carboxylic acids is 1. The number of hydrogen-bond donors (Lipinski definition) is 2. The summed E-state index contributed by atoms with van der Waals surface area (Å²) in [6.07, 6.45) is 0. The summed E-state index contributed by atoms with van der Waals surface area (Å²) in [7, 11) is 0. The molecular weight excluding hydrogens is 335 g/mol. The van der Waals surface area contributed by atoms with E-state index in [9.17, 15) is 9.18 Å². The van der Waals surface area contributed by atoms with Gasteiger partial charge in [-0.3, -0.25) is 4.79 Å². The number of benzene rings is 2. The van der Waals surface area contributed by atoms with Crippen LogP contribution in [0.5, 0.6) is 0 Å². The fourth-order valence-electron chi connectivity index (χ4n) is 1.50. The molecule has 6 heteroatoms. The van der Waals surface area contributed by atoms with Crippen LogP contribution in [0.25, 0.3) is 0 Å². The van der Waals surface area contributed by atoms with E-state index in [1.807, 2.05) is 0 Å². The Morgan fingerprint density at radius 2 is 2.00 bits per heavy atom. The number of nitrogens with one attached hydrogen (secondary N) is 1. The second kappa shape index (κ2) is 5.59. The third-order valence-electron chi connectivity index (χ3n) is 2.41. The molecule has 3 nitrogen and oxygen atoms in total. The van der Waals surface area contributed by atoms with Crippen LogP contribution >= 0.6 is 27.5 Å². The fraction of sp³-hybridized carbons (Fsp3) is 0. The van der Waals surface area contributed by atoms with Crippen LogP contribution in [-0.4, -0.2) is 5.91 Å². The maximum absolute atomic E-state index is 13.0. The smallest absolute Gasteiger partial charge is 0.256 e. The average molecular weight is 344 g/mol. The van der Waals surface area contributed by atoms with Crippen LogP contribution in [0.2, 0.25) is 5.02 Å². The van der Waals surface area contributed by atoms with Crippen LogP contribution < -0.4 is 11.1 Å². The topological polar surface area (TPSA) is 55.1 Å². The van der Waals surface area contributed by atoms with Gasteiger partial charge < -0.3 is 11.1 Å². The minimum Gasteiger partial charge on any atom is -0.399 e. The monoisotopic (exact) mass is 342 g/mol. The van der Waals surface area contributed by atoms with Gasteiger partial charge in [-0.1, -0.05) is 11.6 Å². The Bertz CT molecular complexity index is 649. The zero-order chi connectivity index (χ0) is 14.0. The molecule has 0 aliphatic rings. The molecule has 2 rings (SSSR count). The van der Waals surface area contributed by atoms with Crippen molar-refractivity contribution in [3.63, 3.8) is 0 Å². The molecule has 0 bridgehead atoms. The molecule has 2 aromatic rings. The molecule has 0 heterocycles. The molecule has 0 saturated heterocycles. The third kappa shape index (κ3) is 3.24. The van der Waals surface area contributed by atoms with Crippen molar-refractivity contribution < 1.29 is 9.18 Å². The Morgan fingerprint density at radius 1 is 1.26 bits per heavy atom. The van der Waals surface area contributed by atoms with E-state index in [1.54, 1.807) is 18.2 Å². The van der Waals surface area contributed by atoms with Crippen molar-refractivity contribution in [2.24, 2.45) is 0 Å². The SMILES string of the molecule is Nc1ccc(Cl)c(NC(=O)c2ccc(F)cc2Br)c1. The van der Waals surface area contributed by atoms with E-state index in [0.717, 1.165) is 0 Å². The highest BCUT2D eigenvalue weighted by Gasteiger charge is 2.12. The Balaban J connectivity index is 2.28. The molecule has 0 aliphatic carbocycles. The lowest BCUT2D eigenvalue weighted by molar-refractivity contribution is 0.102. The van der Waals surface area contributed by atoms with Crippen molar-refractivity contribution >= 4 is 44.8 Å². The molecule has 98 valence electrons. The van der Waals surface area contributed by atoms with Crippen molar-refractivity contribution in [3.05, 3.63) is 57.3 Å². The van der Waals surface area contributed by atoms with Gasteiger partial charge in [0.25, 0.3) is 5.91 Å². The Hall–Kier alpha value is -1.59. The van der Waals surface area contributed by atoms with Crippen LogP contribution in [0.4, 0.5) is 15.8 Å². The molecule has 19 heavy (non-hydrogen) atoms. The standard InChI is InChI=1S/C13H9BrClFN2O/c14-10-5-7(16)1-3-9(10)13(19)18-12-6-8(17)2-4-11(12)15/h1-6H,17H2,(H,18,19). The van der Waals surface area contributed by atoms with E-state index in [1.165, 1.54) is 18.2 Å². The van der Waals surface area contributed by atoms with Crippen molar-refractivity contribution in [2.75, 3.05) is 11.1 Å². The summed E-state index contributed by atoms with van der Waals surface area (Å²) >= 11 is 9.09. The molecule has 0 radical (unpaired) electrons. The van der Waals surface area contributed by atoms with Gasteiger partial charge in [0.05, 0.1) is 16.3 Å². The van der Waals surface area contributed by atoms with E-state index in [4.69, 9.17) is 17.3 Å². The lowest BCUT2D eigenvalue weighted by Crippen LogP contribution is -2.13. The van der Waals surface area contributed by atoms with Gasteiger partial charge in [0.1, 0.15) is 5.82 Å². The van der Waals surface area contributed by atoms with Crippen LogP contribution in [-0.2, 0) is 0 Å². The Kier molecular flexibility index (Phi) is 4.07. The van der Waals surface area contributed by atoms with E-state index < -0.39 is 11.7 Å². The average Bonchev–Trinajstić information content (AvgIpc) is 2.33. The number of nitrogens with two attached hydrogens (primary N) is 1. The van der Waals surface area contributed by atoms with Crippen LogP contribution in [0.3, 0.4) is 0 Å². The minimum absolute atomic E-state index is 0.305. The van der Waals surface area contributed by atoms with Crippen molar-refractivity contribution in [1.29, 1.82) is 0 Å². The first-order chi connectivity index (χ1) is 8.97. The number of hydrogen-bond acceptors (Lipinski definition) is 2. The second-order valence-corrected chi connectivity index (χ2v) is 5.08. The highest BCUT2D eigenvalue weighted by molar-refractivity contribution is 9.10. The maximum Gasteiger partial charge on any atom is 0.256 e. The Labute approximate surface area is 122 Å². The fourth-order valence-corrected chi connectivity index (χ4v) is 2.20. The number of rotatable bonds is 2. The lowest BCUT2D eigenvalue weighted by atomic mass is 10.2. The van der Waals surface area contributed by atoms with E-state index in [0.29, 0.717) is 26.4 Å². The second-order valence-electron chi connectivity index (χ2n) is 3.82. The Morgan fingerprint density at radius 3 is 2.68 bits per heavy atom. The van der Waals surface area contributed by atoms with Crippen molar-refractivity contribution in [2.45, 2.75) is 0 Å². The van der Waals surface area contributed by atoms with E-state index in [-0.39, 0.29) is 0 Å². The molecule has 0 atom stereocenters. The summed E-state index contributed by atoms with van der Waals surface area (Å²) in [5.74, 6) is -0.829. The molecule has 1 amide bonds. The number of amides is 1. The predicted octanol–water partition coefficient (Wildman–Crippen LogP) is 4.08. The first-order valence-electron chi connectivity index (χ1n) is 5.29. The number of nitrogen functional groups attached to an aromatic ring is 1. The van der Waals surface area contributed by atoms with Crippen molar-refractivity contribution in [1.82, 2.24) is 0 Å². The molecule has 2 aromatic carbocycles.